The Morgan fingerprint density at radius 3 is 2.00 bits per heavy atom. The minimum atomic E-state index is -0.579. The molecule has 2 rings (SSSR count). The summed E-state index contributed by atoms with van der Waals surface area (Å²) in [6.07, 6.45) is 1.56. The maximum Gasteiger partial charge on any atom is 0.0766 e. The molecule has 0 aromatic heterocycles. The molecule has 0 unspecified atom stereocenters. The lowest BCUT2D eigenvalue weighted by Gasteiger charge is -2.25. The van der Waals surface area contributed by atoms with Crippen LogP contribution in [-0.4, -0.2) is 17.3 Å². The van der Waals surface area contributed by atoms with Gasteiger partial charge in [0.05, 0.1) is 5.60 Å². The predicted molar refractivity (Wildman–Crippen MR) is 89.1 cm³/mol. The van der Waals surface area contributed by atoms with Crippen molar-refractivity contribution in [3.8, 4) is 11.1 Å². The lowest BCUT2D eigenvalue weighted by Crippen LogP contribution is -2.39. The lowest BCUT2D eigenvalue weighted by molar-refractivity contribution is 0.0323. The molecule has 21 heavy (non-hydrogen) atoms. The van der Waals surface area contributed by atoms with Crippen molar-refractivity contribution in [1.82, 2.24) is 5.32 Å². The normalized spacial score (nSPS) is 11.6. The molecule has 2 nitrogen and oxygen atoms in total. The zero-order valence-corrected chi connectivity index (χ0v) is 13.0. The van der Waals surface area contributed by atoms with E-state index in [1.807, 2.05) is 19.9 Å². The van der Waals surface area contributed by atoms with Crippen LogP contribution in [0.25, 0.3) is 11.1 Å². The van der Waals surface area contributed by atoms with E-state index in [0.29, 0.717) is 6.54 Å². The van der Waals surface area contributed by atoms with Crippen molar-refractivity contribution in [3.05, 3.63) is 60.2 Å². The predicted octanol–water partition coefficient (Wildman–Crippen LogP) is 3.99. The zero-order valence-electron chi connectivity index (χ0n) is 13.0. The fraction of sp³-hybridized carbons (Fsp3) is 0.368. The third kappa shape index (κ3) is 4.42. The zero-order chi connectivity index (χ0) is 15.1. The van der Waals surface area contributed by atoms with Crippen LogP contribution in [0.3, 0.4) is 0 Å². The summed E-state index contributed by atoms with van der Waals surface area (Å²) in [6.45, 7) is 5.48. The molecule has 2 heteroatoms. The number of hydrogen-bond donors (Lipinski definition) is 2. The van der Waals surface area contributed by atoms with Crippen molar-refractivity contribution >= 4 is 0 Å². The molecular formula is C19H25NO. The van der Waals surface area contributed by atoms with Crippen LogP contribution in [0.15, 0.2) is 54.6 Å². The first-order valence-electron chi connectivity index (χ1n) is 7.74. The number of aliphatic hydroxyl groups is 1. The average Bonchev–Trinajstić information content (AvgIpc) is 2.56. The van der Waals surface area contributed by atoms with Crippen LogP contribution in [-0.2, 0) is 6.54 Å². The van der Waals surface area contributed by atoms with Crippen LogP contribution in [0.2, 0.25) is 0 Å². The van der Waals surface area contributed by atoms with E-state index < -0.39 is 5.60 Å². The van der Waals surface area contributed by atoms with E-state index in [9.17, 15) is 5.11 Å². The fourth-order valence-electron chi connectivity index (χ4n) is 2.39. The Labute approximate surface area is 127 Å². The van der Waals surface area contributed by atoms with Gasteiger partial charge in [0.1, 0.15) is 0 Å². The molecule has 0 saturated heterocycles. The van der Waals surface area contributed by atoms with Gasteiger partial charge in [0, 0.05) is 13.1 Å². The number of rotatable bonds is 7. The van der Waals surface area contributed by atoms with E-state index in [-0.39, 0.29) is 0 Å². The summed E-state index contributed by atoms with van der Waals surface area (Å²) in [5, 5.41) is 13.6. The van der Waals surface area contributed by atoms with Crippen molar-refractivity contribution in [2.75, 3.05) is 6.54 Å². The number of benzene rings is 2. The van der Waals surface area contributed by atoms with Crippen LogP contribution in [0.1, 0.15) is 32.3 Å². The van der Waals surface area contributed by atoms with Crippen molar-refractivity contribution in [2.45, 2.75) is 38.8 Å². The molecule has 112 valence electrons. The highest BCUT2D eigenvalue weighted by Crippen LogP contribution is 2.19. The van der Waals surface area contributed by atoms with Gasteiger partial charge in [0.15, 0.2) is 0 Å². The Kier molecular flexibility index (Phi) is 5.54. The molecule has 0 aliphatic rings. The molecule has 2 N–H and O–H groups in total. The van der Waals surface area contributed by atoms with Crippen molar-refractivity contribution in [1.29, 1.82) is 0 Å². The Morgan fingerprint density at radius 1 is 0.857 bits per heavy atom. The molecule has 0 saturated carbocycles. The van der Waals surface area contributed by atoms with Crippen LogP contribution in [0.4, 0.5) is 0 Å². The Balaban J connectivity index is 1.91. The highest BCUT2D eigenvalue weighted by molar-refractivity contribution is 5.63. The maximum atomic E-state index is 10.2. The highest BCUT2D eigenvalue weighted by Gasteiger charge is 2.20. The van der Waals surface area contributed by atoms with Gasteiger partial charge in [0.2, 0.25) is 0 Å². The lowest BCUT2D eigenvalue weighted by atomic mass is 9.97. The third-order valence-corrected chi connectivity index (χ3v) is 4.16. The summed E-state index contributed by atoms with van der Waals surface area (Å²) in [6, 6.07) is 19.0. The van der Waals surface area contributed by atoms with E-state index in [4.69, 9.17) is 0 Å². The van der Waals surface area contributed by atoms with Gasteiger partial charge in [-0.05, 0) is 29.5 Å². The van der Waals surface area contributed by atoms with Crippen molar-refractivity contribution in [2.24, 2.45) is 0 Å². The van der Waals surface area contributed by atoms with E-state index in [0.717, 1.165) is 19.4 Å². The Morgan fingerprint density at radius 2 is 1.43 bits per heavy atom. The van der Waals surface area contributed by atoms with Crippen molar-refractivity contribution < 1.29 is 5.11 Å². The van der Waals surface area contributed by atoms with Crippen LogP contribution in [0, 0.1) is 0 Å². The largest absolute Gasteiger partial charge is 0.389 e. The molecule has 2 aromatic carbocycles. The minimum absolute atomic E-state index is 0.579. The maximum absolute atomic E-state index is 10.2. The molecule has 0 atom stereocenters. The molecular weight excluding hydrogens is 258 g/mol. The molecule has 0 heterocycles. The van der Waals surface area contributed by atoms with Gasteiger partial charge >= 0.3 is 0 Å². The van der Waals surface area contributed by atoms with Crippen molar-refractivity contribution in [3.63, 3.8) is 0 Å². The average molecular weight is 283 g/mol. The highest BCUT2D eigenvalue weighted by atomic mass is 16.3. The summed E-state index contributed by atoms with van der Waals surface area (Å²) in [4.78, 5) is 0. The van der Waals surface area contributed by atoms with E-state index in [1.165, 1.54) is 16.7 Å². The molecule has 0 spiro atoms. The second-order valence-corrected chi connectivity index (χ2v) is 5.60. The van der Waals surface area contributed by atoms with Gasteiger partial charge in [0.25, 0.3) is 0 Å². The second kappa shape index (κ2) is 7.39. The summed E-state index contributed by atoms with van der Waals surface area (Å²) >= 11 is 0. The van der Waals surface area contributed by atoms with Gasteiger partial charge in [-0.2, -0.15) is 0 Å². The third-order valence-electron chi connectivity index (χ3n) is 4.16. The number of nitrogens with one attached hydrogen (secondary N) is 1. The van der Waals surface area contributed by atoms with Gasteiger partial charge in [-0.25, -0.2) is 0 Å². The van der Waals surface area contributed by atoms with Crippen LogP contribution in [0.5, 0.6) is 0 Å². The fourth-order valence-corrected chi connectivity index (χ4v) is 2.39. The Bertz CT molecular complexity index is 529. The van der Waals surface area contributed by atoms with Gasteiger partial charge in [-0.15, -0.1) is 0 Å². The molecule has 0 aliphatic heterocycles. The van der Waals surface area contributed by atoms with E-state index in [1.54, 1.807) is 0 Å². The van der Waals surface area contributed by atoms with Crippen LogP contribution < -0.4 is 5.32 Å². The summed E-state index contributed by atoms with van der Waals surface area (Å²) in [7, 11) is 0. The molecule has 2 aromatic rings. The SMILES string of the molecule is CCC(O)(CC)CNCc1ccc(-c2ccccc2)cc1. The minimum Gasteiger partial charge on any atom is -0.389 e. The molecule has 0 bridgehead atoms. The molecule has 0 radical (unpaired) electrons. The van der Waals surface area contributed by atoms with Gasteiger partial charge < -0.3 is 10.4 Å². The van der Waals surface area contributed by atoms with E-state index >= 15 is 0 Å². The summed E-state index contributed by atoms with van der Waals surface area (Å²) < 4.78 is 0. The van der Waals surface area contributed by atoms with Crippen LogP contribution >= 0.6 is 0 Å². The monoisotopic (exact) mass is 283 g/mol. The molecule has 0 amide bonds. The standard InChI is InChI=1S/C19H25NO/c1-3-19(21,4-2)15-20-14-16-10-12-18(13-11-16)17-8-6-5-7-9-17/h5-13,20-21H,3-4,14-15H2,1-2H3. The summed E-state index contributed by atoms with van der Waals surface area (Å²) in [5.74, 6) is 0. The Hall–Kier alpha value is -1.64. The molecule has 0 fully saturated rings. The second-order valence-electron chi connectivity index (χ2n) is 5.60. The van der Waals surface area contributed by atoms with E-state index in [2.05, 4.69) is 53.8 Å². The number of hydrogen-bond acceptors (Lipinski definition) is 2. The van der Waals surface area contributed by atoms with Gasteiger partial charge in [-0.3, -0.25) is 0 Å². The smallest absolute Gasteiger partial charge is 0.0766 e. The first-order valence-corrected chi connectivity index (χ1v) is 7.74. The first-order chi connectivity index (χ1) is 10.2. The first kappa shape index (κ1) is 15.7. The topological polar surface area (TPSA) is 32.3 Å². The van der Waals surface area contributed by atoms with Gasteiger partial charge in [-0.1, -0.05) is 68.4 Å². The summed E-state index contributed by atoms with van der Waals surface area (Å²) in [5.41, 5.74) is 3.13. The molecule has 0 aliphatic carbocycles. The quantitative estimate of drug-likeness (QED) is 0.805.